The lowest BCUT2D eigenvalue weighted by Crippen LogP contribution is -2.21. The number of carbonyl (C=O) groups excluding carboxylic acids is 1. The van der Waals surface area contributed by atoms with Crippen LogP contribution in [0.1, 0.15) is 10.4 Å². The van der Waals surface area contributed by atoms with Crippen molar-refractivity contribution >= 4 is 16.9 Å². The third kappa shape index (κ3) is 2.45. The largest absolute Gasteiger partial charge is 0.345 e. The number of nitrogens with zero attached hydrogens (tertiary/aromatic N) is 1. The summed E-state index contributed by atoms with van der Waals surface area (Å²) >= 11 is 0. The summed E-state index contributed by atoms with van der Waals surface area (Å²) in [4.78, 5) is 30.1. The Bertz CT molecular complexity index is 857. The highest BCUT2D eigenvalue weighted by atomic mass is 16.2. The maximum absolute atomic E-state index is 11.9. The Labute approximate surface area is 121 Å². The van der Waals surface area contributed by atoms with Crippen LogP contribution in [0.15, 0.2) is 47.3 Å². The molecule has 0 unspecified atom stereocenters. The zero-order valence-electron chi connectivity index (χ0n) is 11.8. The van der Waals surface area contributed by atoms with Gasteiger partial charge in [-0.05, 0) is 35.4 Å². The summed E-state index contributed by atoms with van der Waals surface area (Å²) in [6, 6.07) is 13.1. The molecule has 0 radical (unpaired) electrons. The van der Waals surface area contributed by atoms with Gasteiger partial charge in [0, 0.05) is 19.7 Å². The van der Waals surface area contributed by atoms with Gasteiger partial charge in [0.1, 0.15) is 0 Å². The van der Waals surface area contributed by atoms with Crippen molar-refractivity contribution in [2.24, 2.45) is 0 Å². The van der Waals surface area contributed by atoms with Gasteiger partial charge in [-0.3, -0.25) is 4.79 Å². The van der Waals surface area contributed by atoms with E-state index in [0.29, 0.717) is 5.56 Å². The van der Waals surface area contributed by atoms with Crippen LogP contribution in [-0.4, -0.2) is 34.9 Å². The number of hydrogen-bond acceptors (Lipinski definition) is 2. The number of fused-ring (bicyclic) bond motifs is 1. The van der Waals surface area contributed by atoms with E-state index in [4.69, 9.17) is 0 Å². The molecule has 106 valence electrons. The van der Waals surface area contributed by atoms with E-state index in [2.05, 4.69) is 9.97 Å². The Balaban J connectivity index is 1.98. The Hall–Kier alpha value is -2.82. The molecule has 0 aliphatic heterocycles. The summed E-state index contributed by atoms with van der Waals surface area (Å²) in [6.07, 6.45) is 0. The molecule has 1 heterocycles. The van der Waals surface area contributed by atoms with Crippen LogP contribution in [0, 0.1) is 0 Å². The SMILES string of the molecule is CN(C)C(=O)c1ccc(-c2ccc3[nH]c(=O)[nH]c3c2)cc1. The van der Waals surface area contributed by atoms with E-state index in [1.807, 2.05) is 42.5 Å². The number of aromatic amines is 2. The highest BCUT2D eigenvalue weighted by Gasteiger charge is 2.08. The molecule has 5 heteroatoms. The predicted molar refractivity (Wildman–Crippen MR) is 82.4 cm³/mol. The van der Waals surface area contributed by atoms with E-state index in [1.54, 1.807) is 19.0 Å². The third-order valence-corrected chi connectivity index (χ3v) is 3.39. The maximum Gasteiger partial charge on any atom is 0.323 e. The molecule has 3 aromatic rings. The Morgan fingerprint density at radius 2 is 1.52 bits per heavy atom. The van der Waals surface area contributed by atoms with Crippen molar-refractivity contribution in [2.45, 2.75) is 0 Å². The minimum atomic E-state index is -0.214. The van der Waals surface area contributed by atoms with E-state index in [1.165, 1.54) is 0 Å². The molecule has 0 fully saturated rings. The average molecular weight is 281 g/mol. The number of amides is 1. The zero-order chi connectivity index (χ0) is 15.0. The van der Waals surface area contributed by atoms with Crippen LogP contribution < -0.4 is 5.69 Å². The zero-order valence-corrected chi connectivity index (χ0v) is 11.8. The molecule has 5 nitrogen and oxygen atoms in total. The second kappa shape index (κ2) is 4.94. The van der Waals surface area contributed by atoms with E-state index < -0.39 is 0 Å². The highest BCUT2D eigenvalue weighted by Crippen LogP contribution is 2.23. The molecular weight excluding hydrogens is 266 g/mol. The summed E-state index contributed by atoms with van der Waals surface area (Å²) in [6.45, 7) is 0. The van der Waals surface area contributed by atoms with E-state index in [9.17, 15) is 9.59 Å². The topological polar surface area (TPSA) is 69.0 Å². The Morgan fingerprint density at radius 3 is 2.19 bits per heavy atom. The van der Waals surface area contributed by atoms with Crippen LogP contribution in [0.4, 0.5) is 0 Å². The van der Waals surface area contributed by atoms with E-state index in [0.717, 1.165) is 22.2 Å². The lowest BCUT2D eigenvalue weighted by atomic mass is 10.0. The molecule has 0 atom stereocenters. The van der Waals surface area contributed by atoms with Gasteiger partial charge < -0.3 is 14.9 Å². The first-order valence-electron chi connectivity index (χ1n) is 6.59. The van der Waals surface area contributed by atoms with Gasteiger partial charge in [-0.25, -0.2) is 4.79 Å². The first-order valence-corrected chi connectivity index (χ1v) is 6.59. The molecule has 3 rings (SSSR count). The second-order valence-electron chi connectivity index (χ2n) is 5.12. The van der Waals surface area contributed by atoms with Crippen molar-refractivity contribution in [3.63, 3.8) is 0 Å². The smallest absolute Gasteiger partial charge is 0.323 e. The first kappa shape index (κ1) is 13.2. The van der Waals surface area contributed by atoms with Crippen molar-refractivity contribution in [3.8, 4) is 11.1 Å². The molecule has 2 N–H and O–H groups in total. The number of imidazole rings is 1. The van der Waals surface area contributed by atoms with E-state index in [-0.39, 0.29) is 11.6 Å². The van der Waals surface area contributed by atoms with Crippen molar-refractivity contribution in [1.29, 1.82) is 0 Å². The summed E-state index contributed by atoms with van der Waals surface area (Å²) in [5, 5.41) is 0. The minimum absolute atomic E-state index is 0.0213. The Kier molecular flexibility index (Phi) is 3.10. The van der Waals surface area contributed by atoms with Crippen molar-refractivity contribution < 1.29 is 4.79 Å². The van der Waals surface area contributed by atoms with Gasteiger partial charge in [0.2, 0.25) is 0 Å². The van der Waals surface area contributed by atoms with Crippen LogP contribution in [0.25, 0.3) is 22.2 Å². The molecule has 0 aliphatic carbocycles. The van der Waals surface area contributed by atoms with Crippen LogP contribution in [0.5, 0.6) is 0 Å². The van der Waals surface area contributed by atoms with Crippen LogP contribution in [0.2, 0.25) is 0 Å². The molecule has 0 bridgehead atoms. The summed E-state index contributed by atoms with van der Waals surface area (Å²) in [5.74, 6) is -0.0213. The van der Waals surface area contributed by atoms with Crippen molar-refractivity contribution in [1.82, 2.24) is 14.9 Å². The van der Waals surface area contributed by atoms with Gasteiger partial charge in [0.25, 0.3) is 5.91 Å². The normalized spacial score (nSPS) is 10.8. The second-order valence-corrected chi connectivity index (χ2v) is 5.12. The molecule has 0 saturated carbocycles. The molecule has 2 aromatic carbocycles. The summed E-state index contributed by atoms with van der Waals surface area (Å²) in [7, 11) is 3.46. The molecule has 0 spiro atoms. The van der Waals surface area contributed by atoms with Crippen molar-refractivity contribution in [3.05, 3.63) is 58.5 Å². The molecule has 1 amide bonds. The minimum Gasteiger partial charge on any atom is -0.345 e. The standard InChI is InChI=1S/C16H15N3O2/c1-19(2)15(20)11-5-3-10(4-6-11)12-7-8-13-14(9-12)18-16(21)17-13/h3-9H,1-2H3,(H2,17,18,21). The number of nitrogens with one attached hydrogen (secondary N) is 2. The number of benzene rings is 2. The number of H-pyrrole nitrogens is 2. The Morgan fingerprint density at radius 1 is 0.905 bits per heavy atom. The van der Waals surface area contributed by atoms with Crippen LogP contribution >= 0.6 is 0 Å². The lowest BCUT2D eigenvalue weighted by molar-refractivity contribution is 0.0827. The maximum atomic E-state index is 11.9. The van der Waals surface area contributed by atoms with E-state index >= 15 is 0 Å². The monoisotopic (exact) mass is 281 g/mol. The first-order chi connectivity index (χ1) is 10.0. The number of carbonyl (C=O) groups is 1. The van der Waals surface area contributed by atoms with Gasteiger partial charge in [0.15, 0.2) is 0 Å². The molecule has 0 saturated heterocycles. The van der Waals surface area contributed by atoms with Gasteiger partial charge in [0.05, 0.1) is 11.0 Å². The van der Waals surface area contributed by atoms with Crippen molar-refractivity contribution in [2.75, 3.05) is 14.1 Å². The molecule has 1 aromatic heterocycles. The van der Waals surface area contributed by atoms with Gasteiger partial charge in [-0.1, -0.05) is 18.2 Å². The predicted octanol–water partition coefficient (Wildman–Crippen LogP) is 2.22. The number of aromatic nitrogens is 2. The lowest BCUT2D eigenvalue weighted by Gasteiger charge is -2.10. The average Bonchev–Trinajstić information content (AvgIpc) is 2.85. The quantitative estimate of drug-likeness (QED) is 0.756. The molecule has 0 aliphatic rings. The molecule has 21 heavy (non-hydrogen) atoms. The fraction of sp³-hybridized carbons (Fsp3) is 0.125. The molecular formula is C16H15N3O2. The number of hydrogen-bond donors (Lipinski definition) is 2. The van der Waals surface area contributed by atoms with Gasteiger partial charge in [-0.15, -0.1) is 0 Å². The van der Waals surface area contributed by atoms with Gasteiger partial charge in [-0.2, -0.15) is 0 Å². The number of rotatable bonds is 2. The fourth-order valence-electron chi connectivity index (χ4n) is 2.28. The fourth-order valence-corrected chi connectivity index (χ4v) is 2.28. The van der Waals surface area contributed by atoms with Crippen LogP contribution in [-0.2, 0) is 0 Å². The third-order valence-electron chi connectivity index (χ3n) is 3.39. The van der Waals surface area contributed by atoms with Crippen LogP contribution in [0.3, 0.4) is 0 Å². The highest BCUT2D eigenvalue weighted by molar-refractivity contribution is 5.94. The van der Waals surface area contributed by atoms with Gasteiger partial charge >= 0.3 is 5.69 Å². The summed E-state index contributed by atoms with van der Waals surface area (Å²) in [5.41, 5.74) is 3.97. The summed E-state index contributed by atoms with van der Waals surface area (Å²) < 4.78 is 0.